The van der Waals surface area contributed by atoms with Gasteiger partial charge in [0.1, 0.15) is 11.6 Å². The van der Waals surface area contributed by atoms with Gasteiger partial charge >= 0.3 is 0 Å². The highest BCUT2D eigenvalue weighted by atomic mass is 15.1. The minimum Gasteiger partial charge on any atom is -0.384 e. The Morgan fingerprint density at radius 2 is 2.19 bits per heavy atom. The lowest BCUT2D eigenvalue weighted by Crippen LogP contribution is -2.21. The summed E-state index contributed by atoms with van der Waals surface area (Å²) in [5.74, 6) is 3.57. The maximum atomic E-state index is 4.52. The van der Waals surface area contributed by atoms with Crippen LogP contribution >= 0.6 is 0 Å². The molecule has 0 saturated heterocycles. The lowest BCUT2D eigenvalue weighted by molar-refractivity contribution is 0.293. The van der Waals surface area contributed by atoms with E-state index < -0.39 is 0 Å². The van der Waals surface area contributed by atoms with Gasteiger partial charge in [0.15, 0.2) is 0 Å². The molecule has 0 radical (unpaired) electrons. The van der Waals surface area contributed by atoms with Crippen molar-refractivity contribution >= 4 is 5.69 Å². The van der Waals surface area contributed by atoms with Crippen LogP contribution in [0.1, 0.15) is 38.4 Å². The number of nitrogens with zero attached hydrogens (tertiary/aromatic N) is 3. The van der Waals surface area contributed by atoms with Crippen molar-refractivity contribution < 1.29 is 0 Å². The van der Waals surface area contributed by atoms with Crippen LogP contribution in [0.25, 0.3) is 5.82 Å². The molecule has 1 aliphatic rings. The molecule has 2 heterocycles. The van der Waals surface area contributed by atoms with E-state index in [1.165, 1.54) is 25.7 Å². The quantitative estimate of drug-likeness (QED) is 0.928. The van der Waals surface area contributed by atoms with Gasteiger partial charge in [-0.15, -0.1) is 0 Å². The number of aromatic nitrogens is 3. The third-order valence-corrected chi connectivity index (χ3v) is 4.46. The Kier molecular flexibility index (Phi) is 4.23. The number of nitrogens with one attached hydrogen (secondary N) is 1. The third-order valence-electron chi connectivity index (χ3n) is 4.46. The van der Waals surface area contributed by atoms with Crippen LogP contribution in [0.2, 0.25) is 0 Å². The monoisotopic (exact) mass is 284 g/mol. The second-order valence-electron chi connectivity index (χ2n) is 6.27. The zero-order chi connectivity index (χ0) is 14.7. The van der Waals surface area contributed by atoms with E-state index in [1.54, 1.807) is 6.20 Å². The molecule has 1 N–H and O–H groups in total. The molecule has 1 saturated carbocycles. The summed E-state index contributed by atoms with van der Waals surface area (Å²) < 4.78 is 1.99. The van der Waals surface area contributed by atoms with Crippen LogP contribution in [-0.2, 0) is 0 Å². The maximum absolute atomic E-state index is 4.52. The molecule has 2 atom stereocenters. The summed E-state index contributed by atoms with van der Waals surface area (Å²) in [5.41, 5.74) is 1.11. The fourth-order valence-electron chi connectivity index (χ4n) is 3.26. The second-order valence-corrected chi connectivity index (χ2v) is 6.27. The number of rotatable bonds is 4. The van der Waals surface area contributed by atoms with Crippen LogP contribution in [-0.4, -0.2) is 21.1 Å². The fourth-order valence-corrected chi connectivity index (χ4v) is 3.26. The predicted octanol–water partition coefficient (Wildman–Crippen LogP) is 3.81. The highest BCUT2D eigenvalue weighted by Crippen LogP contribution is 2.28. The van der Waals surface area contributed by atoms with Gasteiger partial charge in [-0.1, -0.05) is 19.8 Å². The van der Waals surface area contributed by atoms with E-state index >= 15 is 0 Å². The SMILES string of the molecule is Cc1nccn1-c1ccc(NCC2CCCC(C)C2)cn1. The Morgan fingerprint density at radius 3 is 2.86 bits per heavy atom. The molecule has 2 unspecified atom stereocenters. The van der Waals surface area contributed by atoms with Gasteiger partial charge in [-0.3, -0.25) is 4.57 Å². The Hall–Kier alpha value is -1.84. The van der Waals surface area contributed by atoms with Gasteiger partial charge in [0.2, 0.25) is 0 Å². The van der Waals surface area contributed by atoms with Crippen LogP contribution in [0.5, 0.6) is 0 Å². The number of pyridine rings is 1. The highest BCUT2D eigenvalue weighted by Gasteiger charge is 2.18. The predicted molar refractivity (Wildman–Crippen MR) is 85.7 cm³/mol. The van der Waals surface area contributed by atoms with Crippen molar-refractivity contribution in [2.75, 3.05) is 11.9 Å². The Bertz CT molecular complexity index is 573. The minimum atomic E-state index is 0.810. The summed E-state index contributed by atoms with van der Waals surface area (Å²) in [7, 11) is 0. The van der Waals surface area contributed by atoms with Crippen LogP contribution in [0, 0.1) is 18.8 Å². The maximum Gasteiger partial charge on any atom is 0.138 e. The zero-order valence-electron chi connectivity index (χ0n) is 12.9. The third kappa shape index (κ3) is 3.43. The minimum absolute atomic E-state index is 0.810. The first-order valence-electron chi connectivity index (χ1n) is 7.92. The van der Waals surface area contributed by atoms with Crippen molar-refractivity contribution in [3.63, 3.8) is 0 Å². The summed E-state index contributed by atoms with van der Waals surface area (Å²) in [4.78, 5) is 8.75. The standard InChI is InChI=1S/C17H24N4/c1-13-4-3-5-15(10-13)11-19-16-6-7-17(20-12-16)21-9-8-18-14(21)2/h6-9,12-13,15,19H,3-5,10-11H2,1-2H3. The van der Waals surface area contributed by atoms with E-state index in [0.29, 0.717) is 0 Å². The smallest absolute Gasteiger partial charge is 0.138 e. The zero-order valence-corrected chi connectivity index (χ0v) is 12.9. The molecule has 1 fully saturated rings. The van der Waals surface area contributed by atoms with Crippen LogP contribution < -0.4 is 5.32 Å². The summed E-state index contributed by atoms with van der Waals surface area (Å²) in [6.45, 7) is 5.42. The first-order chi connectivity index (χ1) is 10.2. The average molecular weight is 284 g/mol. The molecule has 4 heteroatoms. The Labute approximate surface area is 126 Å². The summed E-state index contributed by atoms with van der Waals surface area (Å²) in [6.07, 6.45) is 11.1. The molecular formula is C17H24N4. The molecule has 2 aromatic heterocycles. The van der Waals surface area contributed by atoms with Gasteiger partial charge in [0.25, 0.3) is 0 Å². The first-order valence-corrected chi connectivity index (χ1v) is 7.92. The Balaban J connectivity index is 1.58. The largest absolute Gasteiger partial charge is 0.384 e. The molecule has 0 amide bonds. The topological polar surface area (TPSA) is 42.7 Å². The number of anilines is 1. The molecule has 0 aliphatic heterocycles. The van der Waals surface area contributed by atoms with E-state index in [9.17, 15) is 0 Å². The van der Waals surface area contributed by atoms with E-state index in [0.717, 1.165) is 35.7 Å². The molecular weight excluding hydrogens is 260 g/mol. The van der Waals surface area contributed by atoms with E-state index in [4.69, 9.17) is 0 Å². The molecule has 0 aromatic carbocycles. The van der Waals surface area contributed by atoms with Gasteiger partial charge < -0.3 is 5.32 Å². The molecule has 21 heavy (non-hydrogen) atoms. The molecule has 0 spiro atoms. The number of aryl methyl sites for hydroxylation is 1. The molecule has 0 bridgehead atoms. The van der Waals surface area contributed by atoms with Crippen molar-refractivity contribution in [3.05, 3.63) is 36.5 Å². The second kappa shape index (κ2) is 6.29. The number of hydrogen-bond acceptors (Lipinski definition) is 3. The normalized spacial score (nSPS) is 22.2. The van der Waals surface area contributed by atoms with Gasteiger partial charge in [-0.2, -0.15) is 0 Å². The van der Waals surface area contributed by atoms with Crippen molar-refractivity contribution in [1.29, 1.82) is 0 Å². The van der Waals surface area contributed by atoms with Crippen molar-refractivity contribution in [2.45, 2.75) is 39.5 Å². The van der Waals surface area contributed by atoms with Gasteiger partial charge in [0.05, 0.1) is 11.9 Å². The van der Waals surface area contributed by atoms with E-state index in [2.05, 4.69) is 28.3 Å². The number of imidazole rings is 1. The van der Waals surface area contributed by atoms with Gasteiger partial charge in [-0.25, -0.2) is 9.97 Å². The van der Waals surface area contributed by atoms with Crippen molar-refractivity contribution in [2.24, 2.45) is 11.8 Å². The van der Waals surface area contributed by atoms with Gasteiger partial charge in [-0.05, 0) is 43.7 Å². The van der Waals surface area contributed by atoms with Gasteiger partial charge in [0, 0.05) is 18.9 Å². The molecule has 1 aliphatic carbocycles. The Morgan fingerprint density at radius 1 is 1.29 bits per heavy atom. The van der Waals surface area contributed by atoms with E-state index in [1.807, 2.05) is 30.0 Å². The molecule has 4 nitrogen and oxygen atoms in total. The lowest BCUT2D eigenvalue weighted by Gasteiger charge is -2.27. The van der Waals surface area contributed by atoms with E-state index in [-0.39, 0.29) is 0 Å². The fraction of sp³-hybridized carbons (Fsp3) is 0.529. The van der Waals surface area contributed by atoms with Crippen LogP contribution in [0.4, 0.5) is 5.69 Å². The molecule has 112 valence electrons. The van der Waals surface area contributed by atoms with Crippen LogP contribution in [0.15, 0.2) is 30.7 Å². The van der Waals surface area contributed by atoms with Crippen molar-refractivity contribution in [1.82, 2.24) is 14.5 Å². The lowest BCUT2D eigenvalue weighted by atomic mass is 9.82. The van der Waals surface area contributed by atoms with Crippen LogP contribution in [0.3, 0.4) is 0 Å². The summed E-state index contributed by atoms with van der Waals surface area (Å²) in [6, 6.07) is 4.15. The molecule has 3 rings (SSSR count). The summed E-state index contributed by atoms with van der Waals surface area (Å²) in [5, 5.41) is 3.53. The first kappa shape index (κ1) is 14.1. The summed E-state index contributed by atoms with van der Waals surface area (Å²) >= 11 is 0. The number of hydrogen-bond donors (Lipinski definition) is 1. The highest BCUT2D eigenvalue weighted by molar-refractivity contribution is 5.43. The van der Waals surface area contributed by atoms with Crippen molar-refractivity contribution in [3.8, 4) is 5.82 Å². The molecule has 2 aromatic rings. The average Bonchev–Trinajstić information content (AvgIpc) is 2.92.